The topological polar surface area (TPSA) is 46.2 Å². The number of hydrogen-bond acceptors (Lipinski definition) is 2. The van der Waals surface area contributed by atoms with Crippen LogP contribution < -0.4 is 4.39 Å². The lowest BCUT2D eigenvalue weighted by Crippen LogP contribution is -2.55. The fraction of sp³-hybridized carbons (Fsp3) is 0.600. The third kappa shape index (κ3) is 3.70. The molecule has 1 aliphatic rings. The predicted octanol–water partition coefficient (Wildman–Crippen LogP) is 4.12. The van der Waals surface area contributed by atoms with Crippen molar-refractivity contribution in [1.82, 2.24) is 4.39 Å². The summed E-state index contributed by atoms with van der Waals surface area (Å²) in [5, 5.41) is 0.332. The largest absolute Gasteiger partial charge is 0.237 e. The Hall–Kier alpha value is -0.363. The van der Waals surface area contributed by atoms with Gasteiger partial charge < -0.3 is 0 Å². The third-order valence-electron chi connectivity index (χ3n) is 4.68. The van der Waals surface area contributed by atoms with Crippen molar-refractivity contribution in [1.29, 1.82) is 0 Å². The van der Waals surface area contributed by atoms with Crippen LogP contribution in [-0.4, -0.2) is 21.9 Å². The average Bonchev–Trinajstić information content (AvgIpc) is 3.06. The lowest BCUT2D eigenvalue weighted by atomic mass is 10.1. The molecule has 2 atom stereocenters. The van der Waals surface area contributed by atoms with Gasteiger partial charge in [-0.05, 0) is 29.2 Å². The van der Waals surface area contributed by atoms with Gasteiger partial charge in [-0.1, -0.05) is 57.6 Å². The summed E-state index contributed by atoms with van der Waals surface area (Å²) in [6.45, 7) is 10.4. The maximum Gasteiger partial charge on any atom is 0.209 e. The minimum absolute atomic E-state index is 0.0134. The molecule has 0 bridgehead atoms. The molecule has 0 saturated heterocycles. The van der Waals surface area contributed by atoms with Gasteiger partial charge in [0.15, 0.2) is 0 Å². The highest BCUT2D eigenvalue weighted by molar-refractivity contribution is 7.91. The SMILES string of the molecule is CC(C)(C)[Si](C)(C)NS(=O)(=O)[C@H]1C[C@@H]1c1cccc(Cl)c1. The van der Waals surface area contributed by atoms with Gasteiger partial charge in [0.2, 0.25) is 10.0 Å². The first kappa shape index (κ1) is 17.0. The van der Waals surface area contributed by atoms with Crippen molar-refractivity contribution in [2.75, 3.05) is 0 Å². The fourth-order valence-corrected chi connectivity index (χ4v) is 8.11. The molecule has 0 aromatic heterocycles. The monoisotopic (exact) mass is 345 g/mol. The zero-order valence-electron chi connectivity index (χ0n) is 13.3. The molecule has 0 spiro atoms. The molecule has 118 valence electrons. The van der Waals surface area contributed by atoms with E-state index in [2.05, 4.69) is 38.3 Å². The van der Waals surface area contributed by atoms with E-state index in [1.807, 2.05) is 24.3 Å². The van der Waals surface area contributed by atoms with Crippen LogP contribution in [0.1, 0.15) is 38.7 Å². The Bertz CT molecular complexity index is 637. The van der Waals surface area contributed by atoms with Crippen LogP contribution >= 0.6 is 11.6 Å². The molecule has 0 radical (unpaired) electrons. The molecule has 0 heterocycles. The van der Waals surface area contributed by atoms with Crippen molar-refractivity contribution < 1.29 is 8.42 Å². The zero-order valence-corrected chi connectivity index (χ0v) is 15.8. The third-order valence-corrected chi connectivity index (χ3v) is 13.2. The van der Waals surface area contributed by atoms with Crippen LogP contribution in [0.5, 0.6) is 0 Å². The van der Waals surface area contributed by atoms with Crippen LogP contribution in [0.4, 0.5) is 0 Å². The van der Waals surface area contributed by atoms with E-state index in [0.29, 0.717) is 11.4 Å². The molecule has 6 heteroatoms. The van der Waals surface area contributed by atoms with Crippen molar-refractivity contribution in [2.24, 2.45) is 0 Å². The summed E-state index contributed by atoms with van der Waals surface area (Å²) in [6, 6.07) is 7.51. The Morgan fingerprint density at radius 3 is 2.43 bits per heavy atom. The number of nitrogens with one attached hydrogen (secondary N) is 1. The summed E-state index contributed by atoms with van der Waals surface area (Å²) in [7, 11) is -5.34. The Morgan fingerprint density at radius 2 is 1.90 bits per heavy atom. The Balaban J connectivity index is 2.14. The summed E-state index contributed by atoms with van der Waals surface area (Å²) < 4.78 is 28.3. The Labute approximate surface area is 134 Å². The molecular formula is C15H24ClNO2SSi. The zero-order chi connectivity index (χ0) is 16.1. The van der Waals surface area contributed by atoms with E-state index < -0.39 is 18.3 Å². The summed E-state index contributed by atoms with van der Waals surface area (Å²) in [6.07, 6.45) is 0.685. The molecule has 3 nitrogen and oxygen atoms in total. The molecule has 0 aliphatic heterocycles. The fourth-order valence-electron chi connectivity index (χ4n) is 2.19. The summed E-state index contributed by atoms with van der Waals surface area (Å²) in [5.41, 5.74) is 1.02. The van der Waals surface area contributed by atoms with E-state index in [9.17, 15) is 8.42 Å². The van der Waals surface area contributed by atoms with E-state index in [-0.39, 0.29) is 16.2 Å². The maximum absolute atomic E-state index is 12.6. The van der Waals surface area contributed by atoms with Crippen LogP contribution in [0.2, 0.25) is 23.2 Å². The minimum atomic E-state index is -3.27. The van der Waals surface area contributed by atoms with Gasteiger partial charge in [-0.2, -0.15) is 0 Å². The lowest BCUT2D eigenvalue weighted by molar-refractivity contribution is 0.587. The highest BCUT2D eigenvalue weighted by Gasteiger charge is 2.51. The Kier molecular flexibility index (Phi) is 4.35. The van der Waals surface area contributed by atoms with Crippen LogP contribution in [0.15, 0.2) is 24.3 Å². The standard InChI is InChI=1S/C15H24ClNO2SSi/c1-15(2,3)21(4,5)17-20(18,19)14-10-13(14)11-7-6-8-12(16)9-11/h6-9,13-14,17H,10H2,1-5H3/t13-,14+/m1/s1. The van der Waals surface area contributed by atoms with Crippen molar-refractivity contribution in [3.63, 3.8) is 0 Å². The minimum Gasteiger partial charge on any atom is -0.237 e. The molecule has 1 aliphatic carbocycles. The van der Waals surface area contributed by atoms with Crippen LogP contribution in [0.25, 0.3) is 0 Å². The lowest BCUT2D eigenvalue weighted by Gasteiger charge is -2.36. The second-order valence-corrected chi connectivity index (χ2v) is 15.2. The van der Waals surface area contributed by atoms with Gasteiger partial charge in [-0.3, -0.25) is 0 Å². The first-order chi connectivity index (χ1) is 9.44. The van der Waals surface area contributed by atoms with Crippen molar-refractivity contribution in [2.45, 2.75) is 56.5 Å². The number of benzene rings is 1. The van der Waals surface area contributed by atoms with E-state index in [4.69, 9.17) is 11.6 Å². The van der Waals surface area contributed by atoms with E-state index >= 15 is 0 Å². The van der Waals surface area contributed by atoms with Crippen molar-refractivity contribution in [3.8, 4) is 0 Å². The summed E-state index contributed by atoms with van der Waals surface area (Å²) in [5.74, 6) is 0.0750. The smallest absolute Gasteiger partial charge is 0.209 e. The second kappa shape index (κ2) is 5.37. The van der Waals surface area contributed by atoms with Crippen molar-refractivity contribution >= 4 is 29.9 Å². The van der Waals surface area contributed by atoms with Crippen LogP contribution in [0.3, 0.4) is 0 Å². The molecule has 1 aromatic carbocycles. The second-order valence-electron chi connectivity index (χ2n) is 7.46. The van der Waals surface area contributed by atoms with Gasteiger partial charge in [0.1, 0.15) is 8.24 Å². The molecular weight excluding hydrogens is 322 g/mol. The molecule has 0 amide bonds. The number of rotatable bonds is 4. The quantitative estimate of drug-likeness (QED) is 0.834. The maximum atomic E-state index is 12.6. The normalized spacial score (nSPS) is 23.1. The van der Waals surface area contributed by atoms with Crippen molar-refractivity contribution in [3.05, 3.63) is 34.9 Å². The summed E-state index contributed by atoms with van der Waals surface area (Å²) in [4.78, 5) is 0. The van der Waals surface area contributed by atoms with E-state index in [1.165, 1.54) is 0 Å². The Morgan fingerprint density at radius 1 is 1.29 bits per heavy atom. The van der Waals surface area contributed by atoms with Gasteiger partial charge in [-0.15, -0.1) is 0 Å². The van der Waals surface area contributed by atoms with Gasteiger partial charge in [0.05, 0.1) is 5.25 Å². The molecule has 0 unspecified atom stereocenters. The number of sulfonamides is 1. The van der Waals surface area contributed by atoms with Gasteiger partial charge in [-0.25, -0.2) is 12.8 Å². The average molecular weight is 346 g/mol. The number of halogens is 1. The van der Waals surface area contributed by atoms with E-state index in [0.717, 1.165) is 5.56 Å². The van der Waals surface area contributed by atoms with Crippen LogP contribution in [-0.2, 0) is 10.0 Å². The van der Waals surface area contributed by atoms with E-state index in [1.54, 1.807) is 0 Å². The predicted molar refractivity (Wildman–Crippen MR) is 91.9 cm³/mol. The molecule has 21 heavy (non-hydrogen) atoms. The van der Waals surface area contributed by atoms with Gasteiger partial charge in [0.25, 0.3) is 0 Å². The first-order valence-corrected chi connectivity index (χ1v) is 12.1. The molecule has 1 aromatic rings. The van der Waals surface area contributed by atoms with Gasteiger partial charge in [0, 0.05) is 10.9 Å². The molecule has 1 N–H and O–H groups in total. The highest BCUT2D eigenvalue weighted by atomic mass is 35.5. The molecule has 1 fully saturated rings. The highest BCUT2D eigenvalue weighted by Crippen LogP contribution is 2.47. The summed E-state index contributed by atoms with van der Waals surface area (Å²) >= 11 is 5.99. The van der Waals surface area contributed by atoms with Gasteiger partial charge >= 0.3 is 0 Å². The molecule has 1 saturated carbocycles. The number of hydrogen-bond donors (Lipinski definition) is 1. The first-order valence-electron chi connectivity index (χ1n) is 7.22. The molecule has 2 rings (SSSR count). The van der Waals surface area contributed by atoms with Crippen LogP contribution in [0, 0.1) is 0 Å².